The van der Waals surface area contributed by atoms with Crippen LogP contribution in [0.5, 0.6) is 0 Å². The lowest BCUT2D eigenvalue weighted by Gasteiger charge is -2.31. The fraction of sp³-hybridized carbons (Fsp3) is 0.571. The largest absolute Gasteiger partial charge is 0.330 e. The third-order valence-electron chi connectivity index (χ3n) is 3.00. The van der Waals surface area contributed by atoms with Gasteiger partial charge in [0.1, 0.15) is 11.8 Å². The number of nitrogens with zero attached hydrogens (tertiary/aromatic N) is 3. The molecule has 4 heteroatoms. The zero-order chi connectivity index (χ0) is 13.6. The van der Waals surface area contributed by atoms with Gasteiger partial charge in [0.25, 0.3) is 0 Å². The summed E-state index contributed by atoms with van der Waals surface area (Å²) in [5.74, 6) is 0. The molecule has 0 aliphatic heterocycles. The van der Waals surface area contributed by atoms with Crippen molar-refractivity contribution in [3.63, 3.8) is 0 Å². The Morgan fingerprint density at radius 2 is 2.22 bits per heavy atom. The van der Waals surface area contributed by atoms with Gasteiger partial charge in [0.2, 0.25) is 0 Å². The van der Waals surface area contributed by atoms with Gasteiger partial charge in [-0.05, 0) is 36.2 Å². The van der Waals surface area contributed by atoms with Crippen molar-refractivity contribution in [2.24, 2.45) is 11.1 Å². The fourth-order valence-corrected chi connectivity index (χ4v) is 1.84. The maximum Gasteiger partial charge on any atom is 0.140 e. The number of nitrogens with two attached hydrogens (primary N) is 1. The van der Waals surface area contributed by atoms with Gasteiger partial charge in [-0.3, -0.25) is 4.90 Å². The minimum atomic E-state index is 0.112. The molecule has 0 fully saturated rings. The second-order valence-electron chi connectivity index (χ2n) is 5.33. The Bertz CT molecular complexity index is 420. The average molecular weight is 246 g/mol. The van der Waals surface area contributed by atoms with Gasteiger partial charge in [0.05, 0.1) is 0 Å². The SMILES string of the molecule is CCN(Cc1ccnc(C#N)c1)CC(C)(C)CN. The van der Waals surface area contributed by atoms with E-state index in [0.29, 0.717) is 12.2 Å². The zero-order valence-electron chi connectivity index (χ0n) is 11.5. The van der Waals surface area contributed by atoms with Crippen LogP contribution in [0.3, 0.4) is 0 Å². The van der Waals surface area contributed by atoms with E-state index in [1.807, 2.05) is 12.1 Å². The minimum Gasteiger partial charge on any atom is -0.330 e. The smallest absolute Gasteiger partial charge is 0.140 e. The molecule has 1 heterocycles. The molecule has 0 spiro atoms. The number of aromatic nitrogens is 1. The van der Waals surface area contributed by atoms with E-state index in [2.05, 4.69) is 36.7 Å². The van der Waals surface area contributed by atoms with Crippen molar-refractivity contribution in [3.8, 4) is 6.07 Å². The van der Waals surface area contributed by atoms with Crippen molar-refractivity contribution in [2.75, 3.05) is 19.6 Å². The molecule has 1 aromatic rings. The summed E-state index contributed by atoms with van der Waals surface area (Å²) in [6.07, 6.45) is 1.69. The first kappa shape index (κ1) is 14.6. The van der Waals surface area contributed by atoms with Crippen molar-refractivity contribution in [2.45, 2.75) is 27.3 Å². The molecular weight excluding hydrogens is 224 g/mol. The van der Waals surface area contributed by atoms with Crippen LogP contribution in [0.25, 0.3) is 0 Å². The Morgan fingerprint density at radius 1 is 1.50 bits per heavy atom. The van der Waals surface area contributed by atoms with E-state index in [1.165, 1.54) is 0 Å². The summed E-state index contributed by atoms with van der Waals surface area (Å²) < 4.78 is 0. The summed E-state index contributed by atoms with van der Waals surface area (Å²) in [7, 11) is 0. The molecule has 98 valence electrons. The highest BCUT2D eigenvalue weighted by atomic mass is 15.1. The Labute approximate surface area is 109 Å². The van der Waals surface area contributed by atoms with Crippen molar-refractivity contribution in [1.82, 2.24) is 9.88 Å². The van der Waals surface area contributed by atoms with Crippen LogP contribution in [0.15, 0.2) is 18.3 Å². The molecule has 0 aliphatic carbocycles. The van der Waals surface area contributed by atoms with Gasteiger partial charge >= 0.3 is 0 Å². The topological polar surface area (TPSA) is 65.9 Å². The number of nitriles is 1. The number of rotatable bonds is 6. The standard InChI is InChI=1S/C14H22N4/c1-4-18(11-14(2,3)10-16)9-12-5-6-17-13(7-12)8-15/h5-7H,4,9-11,16H2,1-3H3. The van der Waals surface area contributed by atoms with Gasteiger partial charge in [-0.1, -0.05) is 20.8 Å². The first-order valence-electron chi connectivity index (χ1n) is 6.28. The summed E-state index contributed by atoms with van der Waals surface area (Å²) in [5, 5.41) is 8.84. The molecule has 0 radical (unpaired) electrons. The second-order valence-corrected chi connectivity index (χ2v) is 5.33. The second kappa shape index (κ2) is 6.48. The molecule has 2 N–H and O–H groups in total. The summed E-state index contributed by atoms with van der Waals surface area (Å²) in [6.45, 7) is 9.89. The quantitative estimate of drug-likeness (QED) is 0.830. The third kappa shape index (κ3) is 4.44. The van der Waals surface area contributed by atoms with Crippen molar-refractivity contribution in [1.29, 1.82) is 5.26 Å². The predicted molar refractivity (Wildman–Crippen MR) is 72.7 cm³/mol. The van der Waals surface area contributed by atoms with Crippen LogP contribution in [0.4, 0.5) is 0 Å². The fourth-order valence-electron chi connectivity index (χ4n) is 1.84. The molecule has 1 rings (SSSR count). The highest BCUT2D eigenvalue weighted by Crippen LogP contribution is 2.16. The van der Waals surface area contributed by atoms with Crippen LogP contribution in [-0.4, -0.2) is 29.5 Å². The first-order valence-corrected chi connectivity index (χ1v) is 6.28. The molecule has 0 amide bonds. The lowest BCUT2D eigenvalue weighted by atomic mass is 9.93. The van der Waals surface area contributed by atoms with Gasteiger partial charge < -0.3 is 5.73 Å². The molecule has 0 atom stereocenters. The maximum atomic E-state index is 8.84. The van der Waals surface area contributed by atoms with E-state index in [4.69, 9.17) is 11.0 Å². The Balaban J connectivity index is 2.71. The lowest BCUT2D eigenvalue weighted by Crippen LogP contribution is -2.38. The zero-order valence-corrected chi connectivity index (χ0v) is 11.5. The third-order valence-corrected chi connectivity index (χ3v) is 3.00. The van der Waals surface area contributed by atoms with Crippen LogP contribution in [0, 0.1) is 16.7 Å². The highest BCUT2D eigenvalue weighted by Gasteiger charge is 2.19. The van der Waals surface area contributed by atoms with Gasteiger partial charge in [-0.15, -0.1) is 0 Å². The van der Waals surface area contributed by atoms with E-state index in [1.54, 1.807) is 6.20 Å². The lowest BCUT2D eigenvalue weighted by molar-refractivity contribution is 0.183. The van der Waals surface area contributed by atoms with Crippen LogP contribution >= 0.6 is 0 Å². The summed E-state index contributed by atoms with van der Waals surface area (Å²) in [5.41, 5.74) is 7.48. The van der Waals surface area contributed by atoms with Crippen LogP contribution < -0.4 is 5.73 Å². The Kier molecular flexibility index (Phi) is 5.26. The van der Waals surface area contributed by atoms with Crippen LogP contribution in [-0.2, 0) is 6.54 Å². The van der Waals surface area contributed by atoms with Gasteiger partial charge in [0.15, 0.2) is 0 Å². The highest BCUT2D eigenvalue weighted by molar-refractivity contribution is 5.25. The molecular formula is C14H22N4. The van der Waals surface area contributed by atoms with Gasteiger partial charge in [-0.2, -0.15) is 5.26 Å². The molecule has 4 nitrogen and oxygen atoms in total. The summed E-state index contributed by atoms with van der Waals surface area (Å²) in [4.78, 5) is 6.32. The van der Waals surface area contributed by atoms with Crippen molar-refractivity contribution >= 4 is 0 Å². The van der Waals surface area contributed by atoms with Crippen molar-refractivity contribution in [3.05, 3.63) is 29.6 Å². The molecule has 0 saturated heterocycles. The molecule has 0 bridgehead atoms. The maximum absolute atomic E-state index is 8.84. The Hall–Kier alpha value is -1.44. The van der Waals surface area contributed by atoms with Crippen LogP contribution in [0.2, 0.25) is 0 Å². The van der Waals surface area contributed by atoms with E-state index < -0.39 is 0 Å². The van der Waals surface area contributed by atoms with Gasteiger partial charge in [0, 0.05) is 19.3 Å². The van der Waals surface area contributed by atoms with Crippen molar-refractivity contribution < 1.29 is 0 Å². The molecule has 0 saturated carbocycles. The molecule has 0 aliphatic rings. The Morgan fingerprint density at radius 3 is 2.78 bits per heavy atom. The molecule has 18 heavy (non-hydrogen) atoms. The van der Waals surface area contributed by atoms with Gasteiger partial charge in [-0.25, -0.2) is 4.98 Å². The van der Waals surface area contributed by atoms with E-state index in [0.717, 1.165) is 25.2 Å². The normalized spacial score (nSPS) is 11.6. The molecule has 1 aromatic heterocycles. The monoisotopic (exact) mass is 246 g/mol. The summed E-state index contributed by atoms with van der Waals surface area (Å²) >= 11 is 0. The predicted octanol–water partition coefficient (Wildman–Crippen LogP) is 1.76. The minimum absolute atomic E-state index is 0.112. The summed E-state index contributed by atoms with van der Waals surface area (Å²) in [6, 6.07) is 5.87. The van der Waals surface area contributed by atoms with E-state index in [9.17, 15) is 0 Å². The van der Waals surface area contributed by atoms with Crippen LogP contribution in [0.1, 0.15) is 32.0 Å². The van der Waals surface area contributed by atoms with E-state index in [-0.39, 0.29) is 5.41 Å². The van der Waals surface area contributed by atoms with E-state index >= 15 is 0 Å². The number of hydrogen-bond acceptors (Lipinski definition) is 4. The average Bonchev–Trinajstić information content (AvgIpc) is 2.38. The molecule has 0 unspecified atom stereocenters. The number of hydrogen-bond donors (Lipinski definition) is 1. The molecule has 0 aromatic carbocycles. The first-order chi connectivity index (χ1) is 8.50. The number of pyridine rings is 1.